The third-order valence-corrected chi connectivity index (χ3v) is 0.835. The quantitative estimate of drug-likeness (QED) is 0.446. The fraction of sp³-hybridized carbons (Fsp3) is 0. The van der Waals surface area contributed by atoms with Crippen LogP contribution in [0.25, 0.3) is 0 Å². The first-order chi connectivity index (χ1) is 3.93. The average molecular weight is 128 g/mol. The largest absolute Gasteiger partial charge is 0.409 e. The van der Waals surface area contributed by atoms with Gasteiger partial charge < -0.3 is 4.18 Å². The Morgan fingerprint density at radius 2 is 2.50 bits per heavy atom. The van der Waals surface area contributed by atoms with Gasteiger partial charge in [0.2, 0.25) is 5.88 Å². The van der Waals surface area contributed by atoms with Gasteiger partial charge in [-0.05, 0) is 0 Å². The summed E-state index contributed by atoms with van der Waals surface area (Å²) in [6.07, 6.45) is 2.98. The molecule has 0 atom stereocenters. The van der Waals surface area contributed by atoms with Crippen LogP contribution in [0.2, 0.25) is 0 Å². The zero-order chi connectivity index (χ0) is 5.82. The van der Waals surface area contributed by atoms with Crippen LogP contribution in [0.15, 0.2) is 18.6 Å². The summed E-state index contributed by atoms with van der Waals surface area (Å²) in [4.78, 5) is 7.36. The van der Waals surface area contributed by atoms with Crippen molar-refractivity contribution in [2.75, 3.05) is 0 Å². The normalized spacial score (nSPS) is 8.62. The number of hydrogen-bond donors (Lipinski definition) is 1. The first-order valence-corrected chi connectivity index (χ1v) is 2.37. The number of thiol groups is 1. The number of hydrogen-bond acceptors (Lipinski definition) is 4. The Hall–Kier alpha value is -0.770. The molecular formula is C4H4N2OS. The summed E-state index contributed by atoms with van der Waals surface area (Å²) in [5, 5.41) is 0. The summed E-state index contributed by atoms with van der Waals surface area (Å²) >= 11 is 3.52. The van der Waals surface area contributed by atoms with Crippen LogP contribution in [0, 0.1) is 0 Å². The van der Waals surface area contributed by atoms with Crippen LogP contribution in [-0.4, -0.2) is 9.97 Å². The molecule has 0 spiro atoms. The Balaban J connectivity index is 2.83. The van der Waals surface area contributed by atoms with Crippen LogP contribution >= 0.6 is 12.9 Å². The molecule has 0 fully saturated rings. The molecule has 0 saturated carbocycles. The van der Waals surface area contributed by atoms with Gasteiger partial charge in [-0.3, -0.25) is 0 Å². The second kappa shape index (κ2) is 2.52. The Bertz CT molecular complexity index is 155. The van der Waals surface area contributed by atoms with E-state index in [1.807, 2.05) is 0 Å². The van der Waals surface area contributed by atoms with Gasteiger partial charge in [-0.25, -0.2) is 9.97 Å². The second-order valence-electron chi connectivity index (χ2n) is 1.14. The van der Waals surface area contributed by atoms with Crippen molar-refractivity contribution in [3.05, 3.63) is 18.6 Å². The highest BCUT2D eigenvalue weighted by Gasteiger charge is 1.84. The van der Waals surface area contributed by atoms with Crippen molar-refractivity contribution in [2.24, 2.45) is 0 Å². The molecule has 0 aliphatic carbocycles. The molecule has 0 N–H and O–H groups in total. The van der Waals surface area contributed by atoms with Gasteiger partial charge in [-0.2, -0.15) is 0 Å². The fourth-order valence-corrected chi connectivity index (χ4v) is 0.441. The van der Waals surface area contributed by atoms with Crippen molar-refractivity contribution in [3.63, 3.8) is 0 Å². The lowest BCUT2D eigenvalue weighted by molar-refractivity contribution is 0.624. The average Bonchev–Trinajstić information content (AvgIpc) is 1.90. The molecule has 42 valence electrons. The van der Waals surface area contributed by atoms with Crippen LogP contribution in [-0.2, 0) is 0 Å². The number of nitrogens with zero attached hydrogens (tertiary/aromatic N) is 2. The van der Waals surface area contributed by atoms with E-state index >= 15 is 0 Å². The van der Waals surface area contributed by atoms with Gasteiger partial charge in [-0.1, -0.05) is 0 Å². The van der Waals surface area contributed by atoms with E-state index in [1.165, 1.54) is 6.33 Å². The van der Waals surface area contributed by atoms with E-state index in [0.717, 1.165) is 0 Å². The summed E-state index contributed by atoms with van der Waals surface area (Å²) in [6, 6.07) is 1.62. The summed E-state index contributed by atoms with van der Waals surface area (Å²) < 4.78 is 4.46. The topological polar surface area (TPSA) is 35.0 Å². The molecule has 1 aromatic heterocycles. The molecule has 1 rings (SSSR count). The maximum atomic E-state index is 4.46. The van der Waals surface area contributed by atoms with Gasteiger partial charge in [0.15, 0.2) is 0 Å². The van der Waals surface area contributed by atoms with Gasteiger partial charge in [0.05, 0.1) is 0 Å². The lowest BCUT2D eigenvalue weighted by Gasteiger charge is -1.89. The minimum Gasteiger partial charge on any atom is -0.409 e. The molecule has 1 aromatic rings. The minimum absolute atomic E-state index is 0.461. The summed E-state index contributed by atoms with van der Waals surface area (Å²) in [5.41, 5.74) is 0. The Kier molecular flexibility index (Phi) is 1.69. The molecule has 0 aromatic carbocycles. The molecule has 4 heteroatoms. The molecule has 0 unspecified atom stereocenters. The third kappa shape index (κ3) is 1.10. The maximum Gasteiger partial charge on any atom is 0.230 e. The minimum atomic E-state index is 0.461. The SMILES string of the molecule is SOc1ccncn1. The Labute approximate surface area is 52.3 Å². The first kappa shape index (κ1) is 5.37. The lowest BCUT2D eigenvalue weighted by Crippen LogP contribution is -1.79. The molecule has 0 aliphatic rings. The van der Waals surface area contributed by atoms with Crippen molar-refractivity contribution >= 4 is 12.9 Å². The van der Waals surface area contributed by atoms with Gasteiger partial charge in [0, 0.05) is 25.2 Å². The Morgan fingerprint density at radius 3 is 2.88 bits per heavy atom. The zero-order valence-corrected chi connectivity index (χ0v) is 4.88. The molecule has 1 heterocycles. The molecule has 0 aliphatic heterocycles. The van der Waals surface area contributed by atoms with Crippen LogP contribution in [0.5, 0.6) is 5.88 Å². The molecule has 0 bridgehead atoms. The predicted octanol–water partition coefficient (Wildman–Crippen LogP) is 0.700. The second-order valence-corrected chi connectivity index (χ2v) is 1.32. The van der Waals surface area contributed by atoms with Gasteiger partial charge >= 0.3 is 0 Å². The van der Waals surface area contributed by atoms with E-state index in [1.54, 1.807) is 12.3 Å². The molecule has 0 amide bonds. The third-order valence-electron chi connectivity index (χ3n) is 0.648. The van der Waals surface area contributed by atoms with Crippen molar-refractivity contribution in [2.45, 2.75) is 0 Å². The zero-order valence-electron chi connectivity index (χ0n) is 3.98. The van der Waals surface area contributed by atoms with E-state index in [9.17, 15) is 0 Å². The van der Waals surface area contributed by atoms with E-state index in [2.05, 4.69) is 27.1 Å². The van der Waals surface area contributed by atoms with Crippen molar-refractivity contribution < 1.29 is 4.18 Å². The predicted molar refractivity (Wildman–Crippen MR) is 31.6 cm³/mol. The highest BCUT2D eigenvalue weighted by molar-refractivity contribution is 7.75. The van der Waals surface area contributed by atoms with Gasteiger partial charge in [0.1, 0.15) is 6.33 Å². The molecule has 8 heavy (non-hydrogen) atoms. The highest BCUT2D eigenvalue weighted by Crippen LogP contribution is 2.01. The van der Waals surface area contributed by atoms with Crippen LogP contribution in [0.3, 0.4) is 0 Å². The number of aromatic nitrogens is 2. The summed E-state index contributed by atoms with van der Waals surface area (Å²) in [5.74, 6) is 0.461. The first-order valence-electron chi connectivity index (χ1n) is 2.01. The van der Waals surface area contributed by atoms with Crippen molar-refractivity contribution in [1.29, 1.82) is 0 Å². The van der Waals surface area contributed by atoms with Crippen LogP contribution in [0.4, 0.5) is 0 Å². The molecular weight excluding hydrogens is 124 g/mol. The van der Waals surface area contributed by atoms with Crippen molar-refractivity contribution in [1.82, 2.24) is 9.97 Å². The highest BCUT2D eigenvalue weighted by atomic mass is 32.1. The molecule has 3 nitrogen and oxygen atoms in total. The van der Waals surface area contributed by atoms with Gasteiger partial charge in [-0.15, -0.1) is 0 Å². The van der Waals surface area contributed by atoms with Gasteiger partial charge in [0.25, 0.3) is 0 Å². The molecule has 0 radical (unpaired) electrons. The standard InChI is InChI=1S/C4H4N2OS/c8-7-4-1-2-5-3-6-4/h1-3,8H. The maximum absolute atomic E-state index is 4.46. The monoisotopic (exact) mass is 128 g/mol. The van der Waals surface area contributed by atoms with E-state index in [4.69, 9.17) is 0 Å². The van der Waals surface area contributed by atoms with Crippen LogP contribution in [0.1, 0.15) is 0 Å². The smallest absolute Gasteiger partial charge is 0.230 e. The number of rotatable bonds is 1. The fourth-order valence-electron chi connectivity index (χ4n) is 0.333. The van der Waals surface area contributed by atoms with E-state index < -0.39 is 0 Å². The lowest BCUT2D eigenvalue weighted by atomic mass is 10.6. The molecule has 0 saturated heterocycles. The van der Waals surface area contributed by atoms with E-state index in [0.29, 0.717) is 5.88 Å². The van der Waals surface area contributed by atoms with E-state index in [-0.39, 0.29) is 0 Å². The van der Waals surface area contributed by atoms with Crippen LogP contribution < -0.4 is 4.18 Å². The summed E-state index contributed by atoms with van der Waals surface area (Å²) in [7, 11) is 0. The Morgan fingerprint density at radius 1 is 1.62 bits per heavy atom. The van der Waals surface area contributed by atoms with Crippen molar-refractivity contribution in [3.8, 4) is 5.88 Å². The summed E-state index contributed by atoms with van der Waals surface area (Å²) in [6.45, 7) is 0.